The van der Waals surface area contributed by atoms with Crippen LogP contribution in [-0.4, -0.2) is 27.7 Å². The van der Waals surface area contributed by atoms with E-state index in [4.69, 9.17) is 4.74 Å². The average Bonchev–Trinajstić information content (AvgIpc) is 2.86. The molecule has 0 amide bonds. The third-order valence-electron chi connectivity index (χ3n) is 4.21. The summed E-state index contributed by atoms with van der Waals surface area (Å²) in [6.07, 6.45) is 1.70. The smallest absolute Gasteiger partial charge is 0.338 e. The topological polar surface area (TPSA) is 64.3 Å². The molecule has 5 nitrogen and oxygen atoms in total. The van der Waals surface area contributed by atoms with E-state index in [1.165, 1.54) is 0 Å². The van der Waals surface area contributed by atoms with Crippen molar-refractivity contribution in [1.29, 1.82) is 0 Å². The molecule has 1 unspecified atom stereocenters. The number of ether oxygens (including phenoxy) is 1. The summed E-state index contributed by atoms with van der Waals surface area (Å²) in [5.41, 5.74) is 3.01. The lowest BCUT2D eigenvalue weighted by molar-refractivity contribution is 0.0698. The molecule has 1 aromatic carbocycles. The molecule has 0 spiro atoms. The number of carbonyl (C=O) groups is 1. The minimum Gasteiger partial charge on any atom is -0.481 e. The number of aromatic nitrogens is 2. The normalized spacial score (nSPS) is 12.3. The maximum atomic E-state index is 11.7. The van der Waals surface area contributed by atoms with E-state index < -0.39 is 5.97 Å². The zero-order valence-electron chi connectivity index (χ0n) is 13.3. The van der Waals surface area contributed by atoms with Crippen LogP contribution in [0.25, 0.3) is 10.9 Å². The van der Waals surface area contributed by atoms with Gasteiger partial charge in [0, 0.05) is 28.9 Å². The SMILES string of the molecule is COc1cc(C(C)n2c(C)c(C(=O)O)c3ccccc32)ccn1. The Morgan fingerprint density at radius 1 is 1.30 bits per heavy atom. The largest absolute Gasteiger partial charge is 0.481 e. The zero-order chi connectivity index (χ0) is 16.6. The number of rotatable bonds is 4. The molecule has 0 fully saturated rings. The van der Waals surface area contributed by atoms with Crippen molar-refractivity contribution in [2.24, 2.45) is 0 Å². The standard InChI is InChI=1S/C18H18N2O3/c1-11(13-8-9-19-16(10-13)23-3)20-12(2)17(18(21)22)14-6-4-5-7-15(14)20/h4-11H,1-3H3,(H,21,22). The molecule has 0 aliphatic carbocycles. The molecule has 0 radical (unpaired) electrons. The quantitative estimate of drug-likeness (QED) is 0.798. The molecule has 1 N–H and O–H groups in total. The van der Waals surface area contributed by atoms with Gasteiger partial charge >= 0.3 is 5.97 Å². The van der Waals surface area contributed by atoms with Crippen LogP contribution in [0.4, 0.5) is 0 Å². The molecule has 118 valence electrons. The van der Waals surface area contributed by atoms with Gasteiger partial charge in [-0.3, -0.25) is 0 Å². The Morgan fingerprint density at radius 2 is 2.04 bits per heavy atom. The molecule has 5 heteroatoms. The zero-order valence-corrected chi connectivity index (χ0v) is 13.3. The van der Waals surface area contributed by atoms with Gasteiger partial charge in [-0.15, -0.1) is 0 Å². The number of para-hydroxylation sites is 1. The maximum absolute atomic E-state index is 11.7. The van der Waals surface area contributed by atoms with Crippen LogP contribution < -0.4 is 4.74 Å². The minimum absolute atomic E-state index is 0.0371. The van der Waals surface area contributed by atoms with Crippen LogP contribution in [0.1, 0.15) is 34.6 Å². The fraction of sp³-hybridized carbons (Fsp3) is 0.222. The second-order valence-corrected chi connectivity index (χ2v) is 5.46. The third kappa shape index (κ3) is 2.44. The van der Waals surface area contributed by atoms with Crippen molar-refractivity contribution in [1.82, 2.24) is 9.55 Å². The second kappa shape index (κ2) is 5.76. The third-order valence-corrected chi connectivity index (χ3v) is 4.21. The maximum Gasteiger partial charge on any atom is 0.338 e. The van der Waals surface area contributed by atoms with Gasteiger partial charge in [-0.25, -0.2) is 9.78 Å². The van der Waals surface area contributed by atoms with Gasteiger partial charge in [0.15, 0.2) is 0 Å². The summed E-state index contributed by atoms with van der Waals surface area (Å²) in [6.45, 7) is 3.89. The number of aromatic carboxylic acids is 1. The highest BCUT2D eigenvalue weighted by molar-refractivity contribution is 6.05. The molecule has 2 aromatic heterocycles. The van der Waals surface area contributed by atoms with Crippen LogP contribution in [0.5, 0.6) is 5.88 Å². The van der Waals surface area contributed by atoms with Gasteiger partial charge < -0.3 is 14.4 Å². The van der Waals surface area contributed by atoms with E-state index in [-0.39, 0.29) is 6.04 Å². The lowest BCUT2D eigenvalue weighted by Crippen LogP contribution is -2.10. The van der Waals surface area contributed by atoms with Gasteiger partial charge in [0.25, 0.3) is 0 Å². The van der Waals surface area contributed by atoms with Crippen molar-refractivity contribution in [3.05, 3.63) is 59.4 Å². The van der Waals surface area contributed by atoms with Crippen molar-refractivity contribution in [3.63, 3.8) is 0 Å². The summed E-state index contributed by atoms with van der Waals surface area (Å²) in [5.74, 6) is -0.362. The molecule has 0 saturated carbocycles. The number of carboxylic acids is 1. The fourth-order valence-electron chi connectivity index (χ4n) is 3.11. The van der Waals surface area contributed by atoms with Crippen molar-refractivity contribution >= 4 is 16.9 Å². The second-order valence-electron chi connectivity index (χ2n) is 5.46. The van der Waals surface area contributed by atoms with Gasteiger partial charge in [0.05, 0.1) is 18.7 Å². The minimum atomic E-state index is -0.906. The summed E-state index contributed by atoms with van der Waals surface area (Å²) >= 11 is 0. The van der Waals surface area contributed by atoms with Crippen LogP contribution in [0.2, 0.25) is 0 Å². The molecule has 2 heterocycles. The van der Waals surface area contributed by atoms with Gasteiger partial charge in [0.1, 0.15) is 0 Å². The Hall–Kier alpha value is -2.82. The number of hydrogen-bond acceptors (Lipinski definition) is 3. The fourth-order valence-corrected chi connectivity index (χ4v) is 3.11. The molecule has 0 saturated heterocycles. The summed E-state index contributed by atoms with van der Waals surface area (Å²) in [4.78, 5) is 15.8. The highest BCUT2D eigenvalue weighted by Gasteiger charge is 2.22. The summed E-state index contributed by atoms with van der Waals surface area (Å²) in [6, 6.07) is 11.3. The highest BCUT2D eigenvalue weighted by Crippen LogP contribution is 2.32. The van der Waals surface area contributed by atoms with E-state index >= 15 is 0 Å². The van der Waals surface area contributed by atoms with Gasteiger partial charge in [-0.2, -0.15) is 0 Å². The van der Waals surface area contributed by atoms with E-state index in [0.29, 0.717) is 11.4 Å². The van der Waals surface area contributed by atoms with E-state index in [0.717, 1.165) is 22.2 Å². The Labute approximate surface area is 134 Å². The molecule has 0 aliphatic rings. The number of fused-ring (bicyclic) bond motifs is 1. The molecular weight excluding hydrogens is 292 g/mol. The van der Waals surface area contributed by atoms with Gasteiger partial charge in [-0.1, -0.05) is 18.2 Å². The van der Waals surface area contributed by atoms with Gasteiger partial charge in [-0.05, 0) is 31.5 Å². The predicted molar refractivity (Wildman–Crippen MR) is 88.2 cm³/mol. The monoisotopic (exact) mass is 310 g/mol. The highest BCUT2D eigenvalue weighted by atomic mass is 16.5. The molecule has 0 bridgehead atoms. The first kappa shape index (κ1) is 15.1. The predicted octanol–water partition coefficient (Wildman–Crippen LogP) is 3.66. The van der Waals surface area contributed by atoms with Crippen LogP contribution >= 0.6 is 0 Å². The molecule has 3 aromatic rings. The van der Waals surface area contributed by atoms with Crippen molar-refractivity contribution < 1.29 is 14.6 Å². The Balaban J connectivity index is 2.23. The van der Waals surface area contributed by atoms with E-state index in [1.807, 2.05) is 54.8 Å². The number of carboxylic acid groups (broad SMARTS) is 1. The number of benzene rings is 1. The lowest BCUT2D eigenvalue weighted by atomic mass is 10.1. The van der Waals surface area contributed by atoms with Crippen LogP contribution in [-0.2, 0) is 0 Å². The van der Waals surface area contributed by atoms with E-state index in [2.05, 4.69) is 4.98 Å². The van der Waals surface area contributed by atoms with Crippen molar-refractivity contribution in [2.75, 3.05) is 7.11 Å². The first-order chi connectivity index (χ1) is 11.0. The van der Waals surface area contributed by atoms with Crippen molar-refractivity contribution in [2.45, 2.75) is 19.9 Å². The van der Waals surface area contributed by atoms with Crippen LogP contribution in [0, 0.1) is 6.92 Å². The Bertz CT molecular complexity index is 883. The number of pyridine rings is 1. The summed E-state index contributed by atoms with van der Waals surface area (Å²) < 4.78 is 7.24. The van der Waals surface area contributed by atoms with E-state index in [9.17, 15) is 9.90 Å². The molecule has 3 rings (SSSR count). The first-order valence-corrected chi connectivity index (χ1v) is 7.37. The molecule has 23 heavy (non-hydrogen) atoms. The number of methoxy groups -OCH3 is 1. The van der Waals surface area contributed by atoms with Crippen molar-refractivity contribution in [3.8, 4) is 5.88 Å². The number of nitrogens with zero attached hydrogens (tertiary/aromatic N) is 2. The van der Waals surface area contributed by atoms with E-state index in [1.54, 1.807) is 13.3 Å². The summed E-state index contributed by atoms with van der Waals surface area (Å²) in [7, 11) is 1.58. The molecule has 1 atom stereocenters. The van der Waals surface area contributed by atoms with Gasteiger partial charge in [0.2, 0.25) is 5.88 Å². The Kier molecular flexibility index (Phi) is 3.78. The molecular formula is C18H18N2O3. The lowest BCUT2D eigenvalue weighted by Gasteiger charge is -2.18. The molecule has 0 aliphatic heterocycles. The first-order valence-electron chi connectivity index (χ1n) is 7.37. The Morgan fingerprint density at radius 3 is 2.74 bits per heavy atom. The average molecular weight is 310 g/mol. The van der Waals surface area contributed by atoms with Crippen LogP contribution in [0.15, 0.2) is 42.6 Å². The number of hydrogen-bond donors (Lipinski definition) is 1. The summed E-state index contributed by atoms with van der Waals surface area (Å²) in [5, 5.41) is 10.3. The van der Waals surface area contributed by atoms with Crippen LogP contribution in [0.3, 0.4) is 0 Å².